The van der Waals surface area contributed by atoms with Crippen LogP contribution in [0.25, 0.3) is 0 Å². The zero-order valence-corrected chi connectivity index (χ0v) is 13.1. The van der Waals surface area contributed by atoms with Crippen molar-refractivity contribution in [3.8, 4) is 0 Å². The summed E-state index contributed by atoms with van der Waals surface area (Å²) in [6, 6.07) is 3.66. The fourth-order valence-corrected chi connectivity index (χ4v) is 2.57. The van der Waals surface area contributed by atoms with Crippen LogP contribution in [0.1, 0.15) is 23.5 Å². The van der Waals surface area contributed by atoms with Gasteiger partial charge in [-0.15, -0.1) is 0 Å². The summed E-state index contributed by atoms with van der Waals surface area (Å²) in [6.07, 6.45) is 0.885. The number of rotatable bonds is 7. The van der Waals surface area contributed by atoms with E-state index in [2.05, 4.69) is 20.1 Å². The number of β-amino-alcohol motifs (C(OH)–C–C–N with tert-alkyl or cyclic N) is 1. The second-order valence-corrected chi connectivity index (χ2v) is 5.65. The Morgan fingerprint density at radius 3 is 3.22 bits per heavy atom. The maximum absolute atomic E-state index is 10.1. The lowest BCUT2D eigenvalue weighted by Crippen LogP contribution is -2.43. The van der Waals surface area contributed by atoms with Gasteiger partial charge in [0.1, 0.15) is 24.3 Å². The normalized spacial score (nSPS) is 20.7. The highest BCUT2D eigenvalue weighted by Crippen LogP contribution is 2.19. The highest BCUT2D eigenvalue weighted by molar-refractivity contribution is 4.96. The molecule has 8 heteroatoms. The molecule has 23 heavy (non-hydrogen) atoms. The van der Waals surface area contributed by atoms with E-state index in [0.29, 0.717) is 32.1 Å². The fraction of sp³-hybridized carbons (Fsp3) is 0.600. The van der Waals surface area contributed by atoms with Crippen LogP contribution in [-0.4, -0.2) is 64.1 Å². The Balaban J connectivity index is 1.41. The van der Waals surface area contributed by atoms with Gasteiger partial charge in [-0.05, 0) is 19.1 Å². The van der Waals surface area contributed by atoms with Crippen LogP contribution in [0.15, 0.2) is 22.8 Å². The highest BCUT2D eigenvalue weighted by Gasteiger charge is 2.26. The van der Waals surface area contributed by atoms with Crippen LogP contribution < -0.4 is 0 Å². The smallest absolute Gasteiger partial charge is 0.180 e. The summed E-state index contributed by atoms with van der Waals surface area (Å²) in [4.78, 5) is 6.45. The van der Waals surface area contributed by atoms with Crippen molar-refractivity contribution >= 4 is 0 Å². The number of hydrogen-bond acceptors (Lipinski definition) is 7. The minimum absolute atomic E-state index is 0.162. The first-order valence-electron chi connectivity index (χ1n) is 7.72. The Labute approximate surface area is 134 Å². The van der Waals surface area contributed by atoms with Gasteiger partial charge in [-0.3, -0.25) is 10.00 Å². The Bertz CT molecular complexity index is 586. The molecule has 3 heterocycles. The number of nitrogens with zero attached hydrogens (tertiary/aromatic N) is 3. The van der Waals surface area contributed by atoms with Gasteiger partial charge < -0.3 is 19.0 Å². The zero-order chi connectivity index (χ0) is 16.1. The second-order valence-electron chi connectivity index (χ2n) is 5.65. The van der Waals surface area contributed by atoms with Crippen LogP contribution >= 0.6 is 0 Å². The molecular formula is C15H22N4O4. The molecule has 3 rings (SSSR count). The quantitative estimate of drug-likeness (QED) is 0.773. The van der Waals surface area contributed by atoms with Crippen molar-refractivity contribution in [3.05, 3.63) is 35.8 Å². The van der Waals surface area contributed by atoms with E-state index in [9.17, 15) is 5.11 Å². The zero-order valence-electron chi connectivity index (χ0n) is 13.1. The number of nitrogens with one attached hydrogen (secondary N) is 1. The minimum atomic E-state index is -0.558. The van der Waals surface area contributed by atoms with E-state index in [0.717, 1.165) is 18.1 Å². The summed E-state index contributed by atoms with van der Waals surface area (Å²) in [5.41, 5.74) is 0. The van der Waals surface area contributed by atoms with E-state index >= 15 is 0 Å². The molecule has 0 radical (unpaired) electrons. The lowest BCUT2D eigenvalue weighted by molar-refractivity contribution is -0.0572. The van der Waals surface area contributed by atoms with Crippen LogP contribution in [0.5, 0.6) is 0 Å². The van der Waals surface area contributed by atoms with Crippen molar-refractivity contribution < 1.29 is 19.0 Å². The molecule has 0 amide bonds. The van der Waals surface area contributed by atoms with Crippen LogP contribution in [0, 0.1) is 6.92 Å². The molecule has 0 spiro atoms. The number of morpholine rings is 1. The van der Waals surface area contributed by atoms with Crippen molar-refractivity contribution in [1.29, 1.82) is 0 Å². The molecule has 2 atom stereocenters. The minimum Gasteiger partial charge on any atom is -0.467 e. The van der Waals surface area contributed by atoms with E-state index in [4.69, 9.17) is 13.9 Å². The molecule has 1 aliphatic heterocycles. The maximum atomic E-state index is 10.1. The van der Waals surface area contributed by atoms with Crippen LogP contribution in [-0.2, 0) is 16.1 Å². The van der Waals surface area contributed by atoms with Crippen LogP contribution in [0.4, 0.5) is 0 Å². The predicted octanol–water partition coefficient (Wildman–Crippen LogP) is 0.657. The van der Waals surface area contributed by atoms with Gasteiger partial charge in [-0.25, -0.2) is 4.98 Å². The monoisotopic (exact) mass is 322 g/mol. The summed E-state index contributed by atoms with van der Waals surface area (Å²) >= 11 is 0. The fourth-order valence-electron chi connectivity index (χ4n) is 2.57. The number of aryl methyl sites for hydroxylation is 1. The number of hydrogen-bond donors (Lipinski definition) is 2. The van der Waals surface area contributed by atoms with E-state index in [-0.39, 0.29) is 12.7 Å². The molecule has 2 aromatic heterocycles. The summed E-state index contributed by atoms with van der Waals surface area (Å²) in [5.74, 6) is 2.19. The van der Waals surface area contributed by atoms with Gasteiger partial charge >= 0.3 is 0 Å². The van der Waals surface area contributed by atoms with Gasteiger partial charge in [0, 0.05) is 19.6 Å². The molecule has 0 saturated carbocycles. The van der Waals surface area contributed by atoms with Crippen molar-refractivity contribution in [1.82, 2.24) is 20.1 Å². The van der Waals surface area contributed by atoms with Gasteiger partial charge in [-0.2, -0.15) is 5.10 Å². The first kappa shape index (κ1) is 16.1. The summed E-state index contributed by atoms with van der Waals surface area (Å²) in [5, 5.41) is 17.1. The molecule has 1 fully saturated rings. The SMILES string of the molecule is Cc1nc([C@H]2CN(C[C@H](O)COCc3ccco3)CCO2)n[nH]1. The Hall–Kier alpha value is -1.74. The Morgan fingerprint density at radius 2 is 2.48 bits per heavy atom. The van der Waals surface area contributed by atoms with Gasteiger partial charge in [0.05, 0.1) is 25.6 Å². The van der Waals surface area contributed by atoms with E-state index < -0.39 is 6.10 Å². The van der Waals surface area contributed by atoms with E-state index in [1.807, 2.05) is 19.1 Å². The van der Waals surface area contributed by atoms with Gasteiger partial charge in [0.25, 0.3) is 0 Å². The van der Waals surface area contributed by atoms with Gasteiger partial charge in [0.2, 0.25) is 0 Å². The van der Waals surface area contributed by atoms with Crippen molar-refractivity contribution in [2.75, 3.05) is 32.8 Å². The summed E-state index contributed by atoms with van der Waals surface area (Å²) in [6.45, 7) is 5.05. The Kier molecular flexibility index (Phi) is 5.39. The van der Waals surface area contributed by atoms with Crippen molar-refractivity contribution in [2.24, 2.45) is 0 Å². The number of aliphatic hydroxyl groups is 1. The lowest BCUT2D eigenvalue weighted by Gasteiger charge is -2.32. The molecule has 2 N–H and O–H groups in total. The molecule has 126 valence electrons. The molecule has 8 nitrogen and oxygen atoms in total. The van der Waals surface area contributed by atoms with Crippen molar-refractivity contribution in [2.45, 2.75) is 25.7 Å². The lowest BCUT2D eigenvalue weighted by atomic mass is 10.2. The molecule has 0 bridgehead atoms. The molecule has 0 aromatic carbocycles. The number of H-pyrrole nitrogens is 1. The van der Waals surface area contributed by atoms with E-state index in [1.54, 1.807) is 6.26 Å². The largest absolute Gasteiger partial charge is 0.467 e. The molecular weight excluding hydrogens is 300 g/mol. The van der Waals surface area contributed by atoms with Crippen LogP contribution in [0.3, 0.4) is 0 Å². The van der Waals surface area contributed by atoms with Crippen LogP contribution in [0.2, 0.25) is 0 Å². The summed E-state index contributed by atoms with van der Waals surface area (Å²) < 4.78 is 16.4. The third-order valence-corrected chi connectivity index (χ3v) is 3.66. The first-order chi connectivity index (χ1) is 11.2. The molecule has 1 saturated heterocycles. The molecule has 2 aromatic rings. The molecule has 0 aliphatic carbocycles. The number of aliphatic hydroxyl groups excluding tert-OH is 1. The molecule has 1 aliphatic rings. The number of ether oxygens (including phenoxy) is 2. The number of aromatic nitrogens is 3. The standard InChI is InChI=1S/C15H22N4O4/c1-11-16-15(18-17-11)14-8-19(4-6-23-14)7-12(20)9-21-10-13-3-2-5-22-13/h2-3,5,12,14,20H,4,6-10H2,1H3,(H,16,17,18)/t12-,14+/m0/s1. The first-order valence-corrected chi connectivity index (χ1v) is 7.72. The average Bonchev–Trinajstić information content (AvgIpc) is 3.19. The predicted molar refractivity (Wildman–Crippen MR) is 80.6 cm³/mol. The van der Waals surface area contributed by atoms with Crippen molar-refractivity contribution in [3.63, 3.8) is 0 Å². The number of aromatic amines is 1. The van der Waals surface area contributed by atoms with Gasteiger partial charge in [0.15, 0.2) is 5.82 Å². The number of furan rings is 1. The van der Waals surface area contributed by atoms with Gasteiger partial charge in [-0.1, -0.05) is 0 Å². The maximum Gasteiger partial charge on any atom is 0.180 e. The average molecular weight is 322 g/mol. The van der Waals surface area contributed by atoms with E-state index in [1.165, 1.54) is 0 Å². The third kappa shape index (κ3) is 4.61. The topological polar surface area (TPSA) is 96.6 Å². The summed E-state index contributed by atoms with van der Waals surface area (Å²) in [7, 11) is 0. The highest BCUT2D eigenvalue weighted by atomic mass is 16.5. The second kappa shape index (κ2) is 7.69. The third-order valence-electron chi connectivity index (χ3n) is 3.66. The Morgan fingerprint density at radius 1 is 1.57 bits per heavy atom. The molecule has 0 unspecified atom stereocenters.